The number of benzene rings is 2. The maximum Gasteiger partial charge on any atom is 0.272 e. The van der Waals surface area contributed by atoms with Crippen molar-refractivity contribution in [3.05, 3.63) is 82.5 Å². The fraction of sp³-hybridized carbons (Fsp3) is 0.240. The van der Waals surface area contributed by atoms with E-state index in [-0.39, 0.29) is 29.3 Å². The number of nitrogens with zero attached hydrogens (tertiary/aromatic N) is 3. The number of hydrogen-bond donors (Lipinski definition) is 0. The first-order valence-corrected chi connectivity index (χ1v) is 10.5. The van der Waals surface area contributed by atoms with Crippen molar-refractivity contribution in [1.82, 2.24) is 9.88 Å². The highest BCUT2D eigenvalue weighted by molar-refractivity contribution is 5.93. The third kappa shape index (κ3) is 3.98. The highest BCUT2D eigenvalue weighted by Crippen LogP contribution is 2.34. The molecular formula is C25H21F2N3O2. The highest BCUT2D eigenvalue weighted by Gasteiger charge is 2.27. The van der Waals surface area contributed by atoms with Gasteiger partial charge < -0.3 is 9.64 Å². The van der Waals surface area contributed by atoms with Crippen LogP contribution in [-0.4, -0.2) is 35.2 Å². The summed E-state index contributed by atoms with van der Waals surface area (Å²) in [5.41, 5.74) is 3.66. The van der Waals surface area contributed by atoms with Crippen LogP contribution in [0.2, 0.25) is 0 Å². The zero-order valence-electron chi connectivity index (χ0n) is 17.5. The van der Waals surface area contributed by atoms with E-state index in [1.54, 1.807) is 37.4 Å². The van der Waals surface area contributed by atoms with Crippen molar-refractivity contribution in [1.29, 1.82) is 0 Å². The maximum absolute atomic E-state index is 14.0. The molecule has 7 heteroatoms. The Morgan fingerprint density at radius 1 is 1.16 bits per heavy atom. The van der Waals surface area contributed by atoms with Gasteiger partial charge in [-0.3, -0.25) is 9.79 Å². The number of amides is 1. The van der Waals surface area contributed by atoms with Crippen LogP contribution in [0.4, 0.5) is 8.78 Å². The van der Waals surface area contributed by atoms with Gasteiger partial charge in [-0.2, -0.15) is 0 Å². The third-order valence-electron chi connectivity index (χ3n) is 5.64. The maximum atomic E-state index is 14.0. The first-order chi connectivity index (χ1) is 15.5. The summed E-state index contributed by atoms with van der Waals surface area (Å²) >= 11 is 0. The molecule has 1 amide bonds. The zero-order chi connectivity index (χ0) is 22.2. The molecule has 0 unspecified atom stereocenters. The molecule has 5 nitrogen and oxygen atoms in total. The molecule has 0 saturated heterocycles. The SMILES string of the molecule is CN(Cc1ccc(F)c2c1CN=C2)C(=O)c1ccc(-c2cccc(F)c2)c(OC2CC2)n1. The van der Waals surface area contributed by atoms with Crippen molar-refractivity contribution < 1.29 is 18.3 Å². The van der Waals surface area contributed by atoms with E-state index in [0.29, 0.717) is 35.7 Å². The molecule has 5 rings (SSSR count). The van der Waals surface area contributed by atoms with Crippen molar-refractivity contribution in [2.24, 2.45) is 4.99 Å². The van der Waals surface area contributed by atoms with E-state index in [1.165, 1.54) is 29.3 Å². The van der Waals surface area contributed by atoms with Crippen LogP contribution in [0.5, 0.6) is 5.88 Å². The van der Waals surface area contributed by atoms with Crippen molar-refractivity contribution in [2.75, 3.05) is 7.05 Å². The number of rotatable bonds is 6. The Kier molecular flexibility index (Phi) is 5.17. The fourth-order valence-corrected chi connectivity index (χ4v) is 3.78. The van der Waals surface area contributed by atoms with Gasteiger partial charge in [0.2, 0.25) is 5.88 Å². The minimum atomic E-state index is -0.351. The van der Waals surface area contributed by atoms with Crippen LogP contribution in [0.25, 0.3) is 11.1 Å². The van der Waals surface area contributed by atoms with Gasteiger partial charge in [0.1, 0.15) is 23.4 Å². The smallest absolute Gasteiger partial charge is 0.272 e. The second kappa shape index (κ2) is 8.15. The lowest BCUT2D eigenvalue weighted by molar-refractivity contribution is 0.0777. The third-order valence-corrected chi connectivity index (χ3v) is 5.64. The fourth-order valence-electron chi connectivity index (χ4n) is 3.78. The van der Waals surface area contributed by atoms with Crippen molar-refractivity contribution in [3.63, 3.8) is 0 Å². The van der Waals surface area contributed by atoms with Gasteiger partial charge in [-0.05, 0) is 59.9 Å². The lowest BCUT2D eigenvalue weighted by Gasteiger charge is -2.20. The van der Waals surface area contributed by atoms with E-state index < -0.39 is 0 Å². The molecule has 1 fully saturated rings. The predicted molar refractivity (Wildman–Crippen MR) is 117 cm³/mol. The molecule has 3 aromatic rings. The Bertz CT molecular complexity index is 1240. The summed E-state index contributed by atoms with van der Waals surface area (Å²) in [5, 5.41) is 0. The molecule has 1 aromatic heterocycles. The second-order valence-corrected chi connectivity index (χ2v) is 8.11. The van der Waals surface area contributed by atoms with Crippen LogP contribution in [-0.2, 0) is 13.1 Å². The lowest BCUT2D eigenvalue weighted by Crippen LogP contribution is -2.27. The van der Waals surface area contributed by atoms with Gasteiger partial charge in [0.15, 0.2) is 0 Å². The minimum Gasteiger partial charge on any atom is -0.474 e. The average Bonchev–Trinajstić information content (AvgIpc) is 3.45. The number of hydrogen-bond acceptors (Lipinski definition) is 4. The Morgan fingerprint density at radius 3 is 2.78 bits per heavy atom. The second-order valence-electron chi connectivity index (χ2n) is 8.11. The number of aromatic nitrogens is 1. The van der Waals surface area contributed by atoms with E-state index in [9.17, 15) is 13.6 Å². The van der Waals surface area contributed by atoms with Gasteiger partial charge in [0.25, 0.3) is 5.91 Å². The van der Waals surface area contributed by atoms with E-state index in [1.807, 2.05) is 0 Å². The van der Waals surface area contributed by atoms with Gasteiger partial charge in [-0.1, -0.05) is 18.2 Å². The van der Waals surface area contributed by atoms with Gasteiger partial charge in [-0.25, -0.2) is 13.8 Å². The number of carbonyl (C=O) groups is 1. The number of halogens is 2. The molecule has 2 heterocycles. The summed E-state index contributed by atoms with van der Waals surface area (Å²) in [4.78, 5) is 23.3. The van der Waals surface area contributed by atoms with Crippen LogP contribution in [0.1, 0.15) is 40.0 Å². The summed E-state index contributed by atoms with van der Waals surface area (Å²) < 4.78 is 33.7. The average molecular weight is 433 g/mol. The number of aliphatic imine (C=N–C) groups is 1. The monoisotopic (exact) mass is 433 g/mol. The molecule has 2 aliphatic rings. The molecule has 2 aromatic carbocycles. The van der Waals surface area contributed by atoms with Crippen LogP contribution in [0, 0.1) is 11.6 Å². The Hall–Kier alpha value is -3.61. The Morgan fingerprint density at radius 2 is 2.00 bits per heavy atom. The molecule has 0 atom stereocenters. The van der Waals surface area contributed by atoms with E-state index in [0.717, 1.165) is 24.0 Å². The normalized spacial score (nSPS) is 14.3. The van der Waals surface area contributed by atoms with Crippen molar-refractivity contribution >= 4 is 12.1 Å². The molecule has 0 spiro atoms. The number of ether oxygens (including phenoxy) is 1. The summed E-state index contributed by atoms with van der Waals surface area (Å²) in [6.07, 6.45) is 3.46. The topological polar surface area (TPSA) is 54.8 Å². The molecular weight excluding hydrogens is 412 g/mol. The molecule has 1 aliphatic heterocycles. The molecule has 0 radical (unpaired) electrons. The molecule has 0 bridgehead atoms. The molecule has 0 N–H and O–H groups in total. The first-order valence-electron chi connectivity index (χ1n) is 10.5. The molecule has 1 saturated carbocycles. The Balaban J connectivity index is 1.41. The van der Waals surface area contributed by atoms with Crippen molar-refractivity contribution in [2.45, 2.75) is 32.0 Å². The number of carbonyl (C=O) groups excluding carboxylic acids is 1. The van der Waals surface area contributed by atoms with E-state index in [2.05, 4.69) is 9.98 Å². The molecule has 162 valence electrons. The van der Waals surface area contributed by atoms with Crippen LogP contribution < -0.4 is 4.74 Å². The summed E-state index contributed by atoms with van der Waals surface area (Å²) in [5.74, 6) is -0.618. The van der Waals surface area contributed by atoms with Crippen molar-refractivity contribution in [3.8, 4) is 17.0 Å². The molecule has 1 aliphatic carbocycles. The summed E-state index contributed by atoms with van der Waals surface area (Å²) in [7, 11) is 1.68. The standard InChI is InChI=1S/C25H21F2N3O2/c1-30(14-16-5-9-22(27)21-13-28-12-20(16)21)25(31)23-10-8-19(15-3-2-4-17(26)11-15)24(29-23)32-18-6-7-18/h2-5,8-11,13,18H,6-7,12,14H2,1H3. The van der Waals surface area contributed by atoms with E-state index >= 15 is 0 Å². The highest BCUT2D eigenvalue weighted by atomic mass is 19.1. The lowest BCUT2D eigenvalue weighted by atomic mass is 10.0. The van der Waals surface area contributed by atoms with E-state index in [4.69, 9.17) is 4.74 Å². The quantitative estimate of drug-likeness (QED) is 0.563. The number of fused-ring (bicyclic) bond motifs is 1. The predicted octanol–water partition coefficient (Wildman–Crippen LogP) is 4.77. The zero-order valence-corrected chi connectivity index (χ0v) is 17.5. The van der Waals surface area contributed by atoms with Gasteiger partial charge in [0.05, 0.1) is 6.54 Å². The minimum absolute atomic E-state index is 0.0692. The number of pyridine rings is 1. The first kappa shape index (κ1) is 20.3. The Labute approximate surface area is 184 Å². The molecule has 32 heavy (non-hydrogen) atoms. The van der Waals surface area contributed by atoms with Gasteiger partial charge in [0, 0.05) is 30.9 Å². The van der Waals surface area contributed by atoms with Gasteiger partial charge >= 0.3 is 0 Å². The largest absolute Gasteiger partial charge is 0.474 e. The van der Waals surface area contributed by atoms with Crippen LogP contribution >= 0.6 is 0 Å². The van der Waals surface area contributed by atoms with Gasteiger partial charge in [-0.15, -0.1) is 0 Å². The summed E-state index contributed by atoms with van der Waals surface area (Å²) in [6, 6.07) is 12.7. The van der Waals surface area contributed by atoms with Crippen LogP contribution in [0.3, 0.4) is 0 Å². The van der Waals surface area contributed by atoms with Crippen LogP contribution in [0.15, 0.2) is 53.5 Å². The summed E-state index contributed by atoms with van der Waals surface area (Å²) in [6.45, 7) is 0.710.